The van der Waals surface area contributed by atoms with Gasteiger partial charge in [-0.3, -0.25) is 4.79 Å². The first-order chi connectivity index (χ1) is 15.2. The Balaban J connectivity index is 1.64. The van der Waals surface area contributed by atoms with E-state index in [9.17, 15) is 13.2 Å². The molecule has 4 rings (SSSR count). The molecule has 2 aromatic carbocycles. The molecule has 1 N–H and O–H groups in total. The Morgan fingerprint density at radius 3 is 2.53 bits per heavy atom. The molecular weight excluding hydrogens is 428 g/mol. The van der Waals surface area contributed by atoms with Gasteiger partial charge in [-0.2, -0.15) is 4.31 Å². The number of ether oxygens (including phenoxy) is 1. The number of carbonyl (C=O) groups is 1. The van der Waals surface area contributed by atoms with E-state index < -0.39 is 15.9 Å². The first-order valence-corrected chi connectivity index (χ1v) is 12.1. The van der Waals surface area contributed by atoms with Crippen LogP contribution >= 0.6 is 0 Å². The second-order valence-electron chi connectivity index (χ2n) is 8.67. The lowest BCUT2D eigenvalue weighted by atomic mass is 9.94. The smallest absolute Gasteiger partial charge is 0.291 e. The van der Waals surface area contributed by atoms with Crippen molar-refractivity contribution in [1.29, 1.82) is 0 Å². The number of nitrogens with zero attached hydrogens (tertiary/aromatic N) is 1. The maximum atomic E-state index is 13.3. The number of piperidine rings is 1. The Morgan fingerprint density at radius 2 is 1.84 bits per heavy atom. The molecule has 2 atom stereocenters. The fourth-order valence-electron chi connectivity index (χ4n) is 4.42. The molecule has 7 nitrogen and oxygen atoms in total. The molecule has 1 aliphatic heterocycles. The highest BCUT2D eigenvalue weighted by atomic mass is 32.2. The van der Waals surface area contributed by atoms with Gasteiger partial charge in [0.15, 0.2) is 5.76 Å². The van der Waals surface area contributed by atoms with Crippen LogP contribution in [0.2, 0.25) is 0 Å². The third-order valence-electron chi connectivity index (χ3n) is 5.91. The van der Waals surface area contributed by atoms with Gasteiger partial charge in [-0.05, 0) is 55.5 Å². The van der Waals surface area contributed by atoms with Crippen molar-refractivity contribution < 1.29 is 22.4 Å². The number of rotatable bonds is 5. The van der Waals surface area contributed by atoms with E-state index in [-0.39, 0.29) is 10.7 Å². The lowest BCUT2D eigenvalue weighted by Gasteiger charge is -2.34. The highest BCUT2D eigenvalue weighted by Crippen LogP contribution is 2.32. The van der Waals surface area contributed by atoms with E-state index in [1.807, 2.05) is 0 Å². The van der Waals surface area contributed by atoms with Crippen molar-refractivity contribution in [3.63, 3.8) is 0 Å². The normalized spacial score (nSPS) is 19.8. The quantitative estimate of drug-likeness (QED) is 0.603. The van der Waals surface area contributed by atoms with Crippen LogP contribution in [0.3, 0.4) is 0 Å². The summed E-state index contributed by atoms with van der Waals surface area (Å²) < 4.78 is 39.1. The van der Waals surface area contributed by atoms with E-state index in [2.05, 4.69) is 19.2 Å². The third-order valence-corrected chi connectivity index (χ3v) is 7.74. The van der Waals surface area contributed by atoms with Crippen LogP contribution in [0, 0.1) is 18.8 Å². The van der Waals surface area contributed by atoms with Crippen molar-refractivity contribution in [2.45, 2.75) is 32.1 Å². The molecule has 3 aromatic rings. The monoisotopic (exact) mass is 456 g/mol. The Hall–Kier alpha value is -2.84. The van der Waals surface area contributed by atoms with Crippen LogP contribution in [0.5, 0.6) is 5.75 Å². The topological polar surface area (TPSA) is 88.8 Å². The molecule has 1 amide bonds. The van der Waals surface area contributed by atoms with Crippen molar-refractivity contribution in [2.75, 3.05) is 25.5 Å². The van der Waals surface area contributed by atoms with Gasteiger partial charge in [-0.25, -0.2) is 8.42 Å². The minimum absolute atomic E-state index is 0.151. The first-order valence-electron chi connectivity index (χ1n) is 10.7. The molecule has 1 aromatic heterocycles. The Labute approximate surface area is 188 Å². The summed E-state index contributed by atoms with van der Waals surface area (Å²) >= 11 is 0. The van der Waals surface area contributed by atoms with E-state index >= 15 is 0 Å². The average Bonchev–Trinajstić information content (AvgIpc) is 3.09. The molecule has 0 aliphatic carbocycles. The number of carbonyl (C=O) groups excluding carboxylic acids is 1. The van der Waals surface area contributed by atoms with Crippen LogP contribution in [0.4, 0.5) is 5.69 Å². The first kappa shape index (κ1) is 22.4. The number of furan rings is 1. The summed E-state index contributed by atoms with van der Waals surface area (Å²) in [5, 5.41) is 3.41. The third kappa shape index (κ3) is 4.25. The molecule has 2 heterocycles. The van der Waals surface area contributed by atoms with Crippen molar-refractivity contribution in [2.24, 2.45) is 11.8 Å². The van der Waals surface area contributed by atoms with E-state index in [1.54, 1.807) is 60.8 Å². The SMILES string of the molecule is COc1cccc(NC(=O)c2oc3ccc(S(=O)(=O)N4CC(C)CC(C)C4)cc3c2C)c1. The zero-order chi connectivity index (χ0) is 23.0. The van der Waals surface area contributed by atoms with Gasteiger partial charge in [0.25, 0.3) is 5.91 Å². The number of amides is 1. The zero-order valence-electron chi connectivity index (χ0n) is 18.7. The number of aryl methyl sites for hydroxylation is 1. The Morgan fingerprint density at radius 1 is 1.12 bits per heavy atom. The lowest BCUT2D eigenvalue weighted by molar-refractivity contribution is 0.0998. The maximum absolute atomic E-state index is 13.3. The second-order valence-corrected chi connectivity index (χ2v) is 10.6. The molecular formula is C24H28N2O5S. The van der Waals surface area contributed by atoms with Crippen LogP contribution in [0.25, 0.3) is 11.0 Å². The number of methoxy groups -OCH3 is 1. The summed E-state index contributed by atoms with van der Waals surface area (Å²) in [5.41, 5.74) is 1.64. The number of hydrogen-bond donors (Lipinski definition) is 1. The maximum Gasteiger partial charge on any atom is 0.291 e. The fraction of sp³-hybridized carbons (Fsp3) is 0.375. The van der Waals surface area contributed by atoms with Gasteiger partial charge in [0.2, 0.25) is 10.0 Å². The van der Waals surface area contributed by atoms with Crippen molar-refractivity contribution in [1.82, 2.24) is 4.31 Å². The van der Waals surface area contributed by atoms with Gasteiger partial charge >= 0.3 is 0 Å². The largest absolute Gasteiger partial charge is 0.497 e. The molecule has 0 bridgehead atoms. The summed E-state index contributed by atoms with van der Waals surface area (Å²) in [5.74, 6) is 1.01. The Kier molecular flexibility index (Phi) is 6.01. The van der Waals surface area contributed by atoms with E-state index in [4.69, 9.17) is 9.15 Å². The molecule has 2 unspecified atom stereocenters. The minimum atomic E-state index is -3.63. The van der Waals surface area contributed by atoms with Crippen LogP contribution in [0.1, 0.15) is 36.4 Å². The highest BCUT2D eigenvalue weighted by molar-refractivity contribution is 7.89. The van der Waals surface area contributed by atoms with Crippen molar-refractivity contribution >= 4 is 32.6 Å². The predicted octanol–water partition coefficient (Wildman–Crippen LogP) is 4.67. The molecule has 1 saturated heterocycles. The molecule has 170 valence electrons. The fourth-order valence-corrected chi connectivity index (χ4v) is 6.12. The minimum Gasteiger partial charge on any atom is -0.497 e. The van der Waals surface area contributed by atoms with E-state index in [0.29, 0.717) is 52.9 Å². The molecule has 0 spiro atoms. The molecule has 1 aliphatic rings. The summed E-state index contributed by atoms with van der Waals surface area (Å²) in [6.07, 6.45) is 1.03. The van der Waals surface area contributed by atoms with Crippen LogP contribution < -0.4 is 10.1 Å². The van der Waals surface area contributed by atoms with E-state index in [0.717, 1.165) is 6.42 Å². The van der Waals surface area contributed by atoms with Gasteiger partial charge in [0, 0.05) is 35.8 Å². The van der Waals surface area contributed by atoms with Gasteiger partial charge < -0.3 is 14.5 Å². The number of anilines is 1. The van der Waals surface area contributed by atoms with E-state index in [1.165, 1.54) is 0 Å². The predicted molar refractivity (Wildman–Crippen MR) is 124 cm³/mol. The number of hydrogen-bond acceptors (Lipinski definition) is 5. The second kappa shape index (κ2) is 8.60. The molecule has 0 saturated carbocycles. The Bertz CT molecular complexity index is 1250. The molecule has 1 fully saturated rings. The molecule has 32 heavy (non-hydrogen) atoms. The van der Waals surface area contributed by atoms with Gasteiger partial charge in [0.05, 0.1) is 12.0 Å². The number of benzene rings is 2. The average molecular weight is 457 g/mol. The molecule has 8 heteroatoms. The summed E-state index contributed by atoms with van der Waals surface area (Å²) in [4.78, 5) is 13.1. The van der Waals surface area contributed by atoms with Crippen LogP contribution in [0.15, 0.2) is 51.8 Å². The summed E-state index contributed by atoms with van der Waals surface area (Å²) in [6.45, 7) is 6.95. The van der Waals surface area contributed by atoms with Gasteiger partial charge in [0.1, 0.15) is 11.3 Å². The van der Waals surface area contributed by atoms with Crippen LogP contribution in [-0.4, -0.2) is 38.8 Å². The van der Waals surface area contributed by atoms with Crippen LogP contribution in [-0.2, 0) is 10.0 Å². The number of nitrogens with one attached hydrogen (secondary N) is 1. The number of sulfonamides is 1. The standard InChI is InChI=1S/C24H28N2O5S/c1-15-10-16(2)14-26(13-15)32(28,29)20-8-9-22-21(12-20)17(3)23(31-22)24(27)25-18-6-5-7-19(11-18)30-4/h5-9,11-12,15-16H,10,13-14H2,1-4H3,(H,25,27). The highest BCUT2D eigenvalue weighted by Gasteiger charge is 2.32. The van der Waals surface area contributed by atoms with Crippen molar-refractivity contribution in [3.05, 3.63) is 53.8 Å². The number of fused-ring (bicyclic) bond motifs is 1. The zero-order valence-corrected chi connectivity index (χ0v) is 19.5. The summed E-state index contributed by atoms with van der Waals surface area (Å²) in [7, 11) is -2.07. The van der Waals surface area contributed by atoms with Crippen molar-refractivity contribution in [3.8, 4) is 5.75 Å². The van der Waals surface area contributed by atoms with Gasteiger partial charge in [-0.1, -0.05) is 19.9 Å². The summed E-state index contributed by atoms with van der Waals surface area (Å²) in [6, 6.07) is 11.8. The molecule has 0 radical (unpaired) electrons. The lowest BCUT2D eigenvalue weighted by Crippen LogP contribution is -2.42. The van der Waals surface area contributed by atoms with Gasteiger partial charge in [-0.15, -0.1) is 0 Å².